The van der Waals surface area contributed by atoms with E-state index in [1.54, 1.807) is 6.07 Å². The van der Waals surface area contributed by atoms with Crippen molar-refractivity contribution < 1.29 is 18.8 Å². The first kappa shape index (κ1) is 16.4. The second-order valence-electron chi connectivity index (χ2n) is 4.71. The molecule has 23 heavy (non-hydrogen) atoms. The number of halogens is 1. The Balaban J connectivity index is 1.80. The van der Waals surface area contributed by atoms with Gasteiger partial charge in [0.25, 0.3) is 0 Å². The van der Waals surface area contributed by atoms with E-state index in [0.717, 1.165) is 6.20 Å². The van der Waals surface area contributed by atoms with Gasteiger partial charge in [-0.2, -0.15) is 5.10 Å². The van der Waals surface area contributed by atoms with E-state index < -0.39 is 10.7 Å². The summed E-state index contributed by atoms with van der Waals surface area (Å²) in [6.45, 7) is 0.398. The summed E-state index contributed by atoms with van der Waals surface area (Å²) in [5.41, 5.74) is 0.477. The first-order chi connectivity index (χ1) is 11.0. The number of aryl methyl sites for hydroxylation is 1. The zero-order valence-corrected chi connectivity index (χ0v) is 12.4. The maximum absolute atomic E-state index is 13.5. The molecule has 0 unspecified atom stereocenters. The van der Waals surface area contributed by atoms with Crippen molar-refractivity contribution in [2.45, 2.75) is 19.5 Å². The van der Waals surface area contributed by atoms with Crippen molar-refractivity contribution in [3.63, 3.8) is 0 Å². The second-order valence-corrected chi connectivity index (χ2v) is 4.71. The van der Waals surface area contributed by atoms with Crippen molar-refractivity contribution in [1.82, 2.24) is 15.1 Å². The lowest BCUT2D eigenvalue weighted by molar-refractivity contribution is -0.385. The fourth-order valence-corrected chi connectivity index (χ4v) is 1.89. The summed E-state index contributed by atoms with van der Waals surface area (Å²) < 4.78 is 19.6. The number of nitrogens with zero attached hydrogens (tertiary/aromatic N) is 3. The van der Waals surface area contributed by atoms with Crippen LogP contribution in [-0.2, 0) is 17.9 Å². The summed E-state index contributed by atoms with van der Waals surface area (Å²) in [5, 5.41) is 17.0. The van der Waals surface area contributed by atoms with Crippen LogP contribution in [0.3, 0.4) is 0 Å². The molecule has 1 heterocycles. The number of carbonyl (C=O) groups is 1. The first-order valence-electron chi connectivity index (χ1n) is 6.75. The van der Waals surface area contributed by atoms with Crippen molar-refractivity contribution >= 4 is 11.6 Å². The fourth-order valence-electron chi connectivity index (χ4n) is 1.89. The highest BCUT2D eigenvalue weighted by atomic mass is 19.1. The number of carbonyl (C=O) groups excluding carboxylic acids is 1. The lowest BCUT2D eigenvalue weighted by atomic mass is 10.2. The topological polar surface area (TPSA) is 99.3 Å². The molecule has 1 aromatic heterocycles. The van der Waals surface area contributed by atoms with Gasteiger partial charge in [-0.1, -0.05) is 6.07 Å². The molecule has 2 rings (SSSR count). The van der Waals surface area contributed by atoms with Crippen LogP contribution < -0.4 is 10.1 Å². The van der Waals surface area contributed by atoms with Gasteiger partial charge in [0.2, 0.25) is 5.91 Å². The van der Waals surface area contributed by atoms with Gasteiger partial charge in [-0.3, -0.25) is 19.6 Å². The summed E-state index contributed by atoms with van der Waals surface area (Å²) in [5.74, 6) is -0.622. The molecule has 8 nitrogen and oxygen atoms in total. The normalized spacial score (nSPS) is 10.3. The number of nitrogens with one attached hydrogen (secondary N) is 1. The SMILES string of the molecule is COc1ccc(CNC(=O)CCn2cc([N+](=O)[O-])cn2)cc1F. The van der Waals surface area contributed by atoms with Crippen LogP contribution in [0.1, 0.15) is 12.0 Å². The molecule has 0 aliphatic rings. The van der Waals surface area contributed by atoms with Crippen molar-refractivity contribution in [2.75, 3.05) is 7.11 Å². The Labute approximate surface area is 131 Å². The van der Waals surface area contributed by atoms with Crippen LogP contribution >= 0.6 is 0 Å². The third kappa shape index (κ3) is 4.50. The zero-order valence-electron chi connectivity index (χ0n) is 12.4. The van der Waals surface area contributed by atoms with Gasteiger partial charge >= 0.3 is 5.69 Å². The minimum Gasteiger partial charge on any atom is -0.494 e. The number of methoxy groups -OCH3 is 1. The Bertz CT molecular complexity index is 717. The molecule has 0 saturated carbocycles. The predicted octanol–water partition coefficient (Wildman–Crippen LogP) is 1.65. The van der Waals surface area contributed by atoms with E-state index in [-0.39, 0.29) is 36.9 Å². The molecule has 1 aromatic carbocycles. The minimum absolute atomic E-state index is 0.109. The van der Waals surface area contributed by atoms with Crippen LogP contribution in [0.4, 0.5) is 10.1 Å². The summed E-state index contributed by atoms with van der Waals surface area (Å²) in [6.07, 6.45) is 2.49. The van der Waals surface area contributed by atoms with E-state index in [0.29, 0.717) is 5.56 Å². The average Bonchev–Trinajstić information content (AvgIpc) is 3.00. The van der Waals surface area contributed by atoms with Crippen molar-refractivity contribution in [2.24, 2.45) is 0 Å². The summed E-state index contributed by atoms with van der Waals surface area (Å²) >= 11 is 0. The highest BCUT2D eigenvalue weighted by Gasteiger charge is 2.10. The average molecular weight is 322 g/mol. The van der Waals surface area contributed by atoms with Gasteiger partial charge in [-0.25, -0.2) is 4.39 Å². The number of ether oxygens (including phenoxy) is 1. The number of rotatable bonds is 7. The molecule has 0 saturated heterocycles. The predicted molar refractivity (Wildman–Crippen MR) is 78.3 cm³/mol. The Morgan fingerprint density at radius 3 is 2.91 bits per heavy atom. The molecular formula is C14H15FN4O4. The fraction of sp³-hybridized carbons (Fsp3) is 0.286. The molecule has 0 fully saturated rings. The zero-order chi connectivity index (χ0) is 16.8. The van der Waals surface area contributed by atoms with E-state index in [1.807, 2.05) is 0 Å². The number of aromatic nitrogens is 2. The van der Waals surface area contributed by atoms with Gasteiger partial charge in [0, 0.05) is 19.5 Å². The van der Waals surface area contributed by atoms with Gasteiger partial charge in [0.15, 0.2) is 11.6 Å². The first-order valence-corrected chi connectivity index (χ1v) is 6.75. The standard InChI is InChI=1S/C14H15FN4O4/c1-23-13-3-2-10(6-12(13)15)7-16-14(20)4-5-18-9-11(8-17-18)19(21)22/h2-3,6,8-9H,4-5,7H2,1H3,(H,16,20). The monoisotopic (exact) mass is 322 g/mol. The number of benzene rings is 1. The summed E-state index contributed by atoms with van der Waals surface area (Å²) in [7, 11) is 1.37. The number of amides is 1. The van der Waals surface area contributed by atoms with Gasteiger partial charge < -0.3 is 10.1 Å². The molecule has 0 bridgehead atoms. The quantitative estimate of drug-likeness (QED) is 0.617. The Morgan fingerprint density at radius 1 is 1.52 bits per heavy atom. The lowest BCUT2D eigenvalue weighted by Crippen LogP contribution is -2.24. The molecular weight excluding hydrogens is 307 g/mol. The van der Waals surface area contributed by atoms with Crippen LogP contribution in [0.5, 0.6) is 5.75 Å². The Morgan fingerprint density at radius 2 is 2.30 bits per heavy atom. The van der Waals surface area contributed by atoms with Crippen molar-refractivity contribution in [3.05, 3.63) is 52.1 Å². The van der Waals surface area contributed by atoms with Crippen LogP contribution in [0.15, 0.2) is 30.6 Å². The maximum Gasteiger partial charge on any atom is 0.306 e. The number of nitro groups is 1. The van der Waals surface area contributed by atoms with Gasteiger partial charge in [0.1, 0.15) is 12.4 Å². The molecule has 0 spiro atoms. The molecule has 2 aromatic rings. The summed E-state index contributed by atoms with van der Waals surface area (Å²) in [4.78, 5) is 21.7. The van der Waals surface area contributed by atoms with E-state index in [9.17, 15) is 19.3 Å². The van der Waals surface area contributed by atoms with Crippen LogP contribution in [0.2, 0.25) is 0 Å². The lowest BCUT2D eigenvalue weighted by Gasteiger charge is -2.07. The van der Waals surface area contributed by atoms with Gasteiger partial charge in [-0.15, -0.1) is 0 Å². The smallest absolute Gasteiger partial charge is 0.306 e. The molecule has 9 heteroatoms. The maximum atomic E-state index is 13.5. The third-order valence-electron chi connectivity index (χ3n) is 3.10. The van der Waals surface area contributed by atoms with Crippen molar-refractivity contribution in [1.29, 1.82) is 0 Å². The second kappa shape index (κ2) is 7.34. The Hall–Kier alpha value is -2.97. The molecule has 122 valence electrons. The van der Waals surface area contributed by atoms with Crippen LogP contribution in [0.25, 0.3) is 0 Å². The highest BCUT2D eigenvalue weighted by molar-refractivity contribution is 5.75. The summed E-state index contributed by atoms with van der Waals surface area (Å²) in [6, 6.07) is 4.43. The number of hydrogen-bond donors (Lipinski definition) is 1. The molecule has 1 amide bonds. The van der Waals surface area contributed by atoms with Crippen LogP contribution in [-0.4, -0.2) is 27.7 Å². The largest absolute Gasteiger partial charge is 0.494 e. The van der Waals surface area contributed by atoms with Crippen LogP contribution in [0, 0.1) is 15.9 Å². The van der Waals surface area contributed by atoms with E-state index in [2.05, 4.69) is 10.4 Å². The van der Waals surface area contributed by atoms with E-state index in [1.165, 1.54) is 30.1 Å². The third-order valence-corrected chi connectivity index (χ3v) is 3.10. The van der Waals surface area contributed by atoms with E-state index >= 15 is 0 Å². The highest BCUT2D eigenvalue weighted by Crippen LogP contribution is 2.17. The van der Waals surface area contributed by atoms with Crippen molar-refractivity contribution in [3.8, 4) is 5.75 Å². The Kier molecular flexibility index (Phi) is 5.23. The molecule has 1 N–H and O–H groups in total. The molecule has 0 atom stereocenters. The number of hydrogen-bond acceptors (Lipinski definition) is 5. The van der Waals surface area contributed by atoms with Gasteiger partial charge in [-0.05, 0) is 17.7 Å². The molecule has 0 aliphatic carbocycles. The van der Waals surface area contributed by atoms with E-state index in [4.69, 9.17) is 4.74 Å². The molecule has 0 aliphatic heterocycles. The van der Waals surface area contributed by atoms with Gasteiger partial charge in [0.05, 0.1) is 12.0 Å². The molecule has 0 radical (unpaired) electrons. The minimum atomic E-state index is -0.554.